The van der Waals surface area contributed by atoms with E-state index >= 15 is 0 Å². The minimum Gasteiger partial charge on any atom is -0.207 e. The molecule has 0 amide bonds. The molecule has 0 atom stereocenters. The van der Waals surface area contributed by atoms with Gasteiger partial charge in [-0.3, -0.25) is 0 Å². The fourth-order valence-corrected chi connectivity index (χ4v) is 6.10. The molecule has 3 aromatic rings. The first-order valence-corrected chi connectivity index (χ1v) is 10.1. The molecule has 0 aliphatic heterocycles. The van der Waals surface area contributed by atoms with Gasteiger partial charge in [0.15, 0.2) is 0 Å². The molecular weight excluding hydrogens is 299 g/mol. The van der Waals surface area contributed by atoms with Gasteiger partial charge in [0.2, 0.25) is 0 Å². The number of halogens is 1. The fraction of sp³-hybridized carbons (Fsp3) is 0.143. The highest BCUT2D eigenvalue weighted by Crippen LogP contribution is 2.09. The second-order valence-corrected chi connectivity index (χ2v) is 8.91. The smallest absolute Gasteiger partial charge is 0.123 e. The van der Waals surface area contributed by atoms with Crippen molar-refractivity contribution in [2.24, 2.45) is 0 Å². The third-order valence-corrected chi connectivity index (χ3v) is 7.64. The lowest BCUT2D eigenvalue weighted by molar-refractivity contribution is 0.627. The first kappa shape index (κ1) is 15.7. The van der Waals surface area contributed by atoms with Crippen molar-refractivity contribution in [3.63, 3.8) is 0 Å². The van der Waals surface area contributed by atoms with Crippen LogP contribution in [0, 0.1) is 5.82 Å². The monoisotopic (exact) mass is 320 g/mol. The molecule has 0 heterocycles. The van der Waals surface area contributed by atoms with Crippen molar-refractivity contribution in [1.82, 2.24) is 0 Å². The van der Waals surface area contributed by atoms with Gasteiger partial charge in [-0.1, -0.05) is 95.6 Å². The summed E-state index contributed by atoms with van der Waals surface area (Å²) in [4.78, 5) is 0. The predicted octanol–water partition coefficient (Wildman–Crippen LogP) is 3.80. The Morgan fingerprint density at radius 1 is 0.652 bits per heavy atom. The summed E-state index contributed by atoms with van der Waals surface area (Å²) in [6.07, 6.45) is 2.16. The SMILES string of the molecule is Fc1ccc(CCC[SiH](c2ccccc2)c2ccccc2)cc1. The molecule has 3 aromatic carbocycles. The molecule has 0 aliphatic carbocycles. The highest BCUT2D eigenvalue weighted by molar-refractivity contribution is 6.85. The molecule has 0 aromatic heterocycles. The molecule has 3 rings (SSSR count). The second-order valence-electron chi connectivity index (χ2n) is 5.89. The van der Waals surface area contributed by atoms with E-state index in [1.54, 1.807) is 12.1 Å². The van der Waals surface area contributed by atoms with Crippen LogP contribution in [0.3, 0.4) is 0 Å². The zero-order valence-corrected chi connectivity index (χ0v) is 14.3. The Labute approximate surface area is 139 Å². The number of benzene rings is 3. The highest BCUT2D eigenvalue weighted by atomic mass is 28.3. The fourth-order valence-electron chi connectivity index (χ4n) is 3.06. The first-order chi connectivity index (χ1) is 11.3. The van der Waals surface area contributed by atoms with Crippen molar-refractivity contribution in [3.8, 4) is 0 Å². The third-order valence-electron chi connectivity index (χ3n) is 4.28. The topological polar surface area (TPSA) is 0 Å². The summed E-state index contributed by atoms with van der Waals surface area (Å²) < 4.78 is 13.0. The average Bonchev–Trinajstić information content (AvgIpc) is 2.62. The maximum absolute atomic E-state index is 13.0. The zero-order chi connectivity index (χ0) is 15.9. The maximum atomic E-state index is 13.0. The summed E-state index contributed by atoms with van der Waals surface area (Å²) in [5.74, 6) is -0.158. The largest absolute Gasteiger partial charge is 0.207 e. The van der Waals surface area contributed by atoms with Crippen LogP contribution in [0.4, 0.5) is 4.39 Å². The lowest BCUT2D eigenvalue weighted by atomic mass is 10.1. The van der Waals surface area contributed by atoms with Crippen molar-refractivity contribution in [2.45, 2.75) is 18.9 Å². The van der Waals surface area contributed by atoms with Crippen molar-refractivity contribution >= 4 is 19.2 Å². The molecule has 2 heteroatoms. The second kappa shape index (κ2) is 7.89. The van der Waals surface area contributed by atoms with Crippen LogP contribution in [0.1, 0.15) is 12.0 Å². The summed E-state index contributed by atoms with van der Waals surface area (Å²) >= 11 is 0. The van der Waals surface area contributed by atoms with Crippen LogP contribution >= 0.6 is 0 Å². The van der Waals surface area contributed by atoms with Crippen molar-refractivity contribution in [2.75, 3.05) is 0 Å². The molecule has 0 fully saturated rings. The predicted molar refractivity (Wildman–Crippen MR) is 98.8 cm³/mol. The van der Waals surface area contributed by atoms with E-state index in [1.165, 1.54) is 22.0 Å². The summed E-state index contributed by atoms with van der Waals surface area (Å²) in [7, 11) is -1.18. The lowest BCUT2D eigenvalue weighted by Crippen LogP contribution is -2.41. The van der Waals surface area contributed by atoms with E-state index in [2.05, 4.69) is 60.7 Å². The van der Waals surface area contributed by atoms with E-state index in [-0.39, 0.29) is 5.82 Å². The Morgan fingerprint density at radius 3 is 1.70 bits per heavy atom. The highest BCUT2D eigenvalue weighted by Gasteiger charge is 2.15. The number of rotatable bonds is 6. The van der Waals surface area contributed by atoms with Gasteiger partial charge in [0.25, 0.3) is 0 Å². The normalized spacial score (nSPS) is 10.9. The Kier molecular flexibility index (Phi) is 5.38. The van der Waals surface area contributed by atoms with Crippen molar-refractivity contribution < 1.29 is 4.39 Å². The molecule has 0 bridgehead atoms. The van der Waals surface area contributed by atoms with E-state index < -0.39 is 8.80 Å². The average molecular weight is 320 g/mol. The first-order valence-electron chi connectivity index (χ1n) is 8.17. The van der Waals surface area contributed by atoms with Gasteiger partial charge >= 0.3 is 0 Å². The van der Waals surface area contributed by atoms with Crippen molar-refractivity contribution in [1.29, 1.82) is 0 Å². The molecule has 0 aliphatic rings. The lowest BCUT2D eigenvalue weighted by Gasteiger charge is -2.16. The van der Waals surface area contributed by atoms with Gasteiger partial charge in [-0.05, 0) is 24.1 Å². The van der Waals surface area contributed by atoms with Crippen LogP contribution in [0.25, 0.3) is 0 Å². The molecule has 0 spiro atoms. The van der Waals surface area contributed by atoms with E-state index in [0.717, 1.165) is 12.8 Å². The minimum atomic E-state index is -1.18. The number of hydrogen-bond donors (Lipinski definition) is 0. The third kappa shape index (κ3) is 4.39. The molecule has 116 valence electrons. The molecule has 0 N–H and O–H groups in total. The number of hydrogen-bond acceptors (Lipinski definition) is 0. The van der Waals surface area contributed by atoms with Crippen LogP contribution in [0.2, 0.25) is 6.04 Å². The molecule has 0 radical (unpaired) electrons. The molecule has 0 nitrogen and oxygen atoms in total. The van der Waals surface area contributed by atoms with Crippen LogP contribution in [0.5, 0.6) is 0 Å². The summed E-state index contributed by atoms with van der Waals surface area (Å²) in [5.41, 5.74) is 1.22. The van der Waals surface area contributed by atoms with Crippen LogP contribution in [0.15, 0.2) is 84.9 Å². The molecule has 23 heavy (non-hydrogen) atoms. The van der Waals surface area contributed by atoms with Crippen LogP contribution in [-0.4, -0.2) is 8.80 Å². The minimum absolute atomic E-state index is 0.158. The standard InChI is InChI=1S/C21H21FSi/c22-19-15-13-18(14-16-19)8-7-17-23(20-9-3-1-4-10-20)21-11-5-2-6-12-21/h1-6,9-16,23H,7-8,17H2. The quantitative estimate of drug-likeness (QED) is 0.606. The molecule has 0 unspecified atom stereocenters. The molecular formula is C21H21FSi. The Bertz CT molecular complexity index is 668. The molecule has 0 saturated carbocycles. The van der Waals surface area contributed by atoms with Gasteiger partial charge in [-0.25, -0.2) is 4.39 Å². The summed E-state index contributed by atoms with van der Waals surface area (Å²) in [6, 6.07) is 29.9. The Balaban J connectivity index is 1.71. The Hall–Kier alpha value is -2.19. The van der Waals surface area contributed by atoms with Gasteiger partial charge < -0.3 is 0 Å². The van der Waals surface area contributed by atoms with Gasteiger partial charge in [0.1, 0.15) is 14.6 Å². The van der Waals surface area contributed by atoms with Crippen LogP contribution in [-0.2, 0) is 6.42 Å². The molecule has 0 saturated heterocycles. The maximum Gasteiger partial charge on any atom is 0.123 e. The number of aryl methyl sites for hydroxylation is 1. The van der Waals surface area contributed by atoms with E-state index in [0.29, 0.717) is 0 Å². The Morgan fingerprint density at radius 2 is 1.17 bits per heavy atom. The van der Waals surface area contributed by atoms with Crippen molar-refractivity contribution in [3.05, 3.63) is 96.3 Å². The van der Waals surface area contributed by atoms with Crippen LogP contribution < -0.4 is 10.4 Å². The van der Waals surface area contributed by atoms with E-state index in [1.807, 2.05) is 12.1 Å². The van der Waals surface area contributed by atoms with E-state index in [4.69, 9.17) is 0 Å². The van der Waals surface area contributed by atoms with Gasteiger partial charge in [-0.2, -0.15) is 0 Å². The van der Waals surface area contributed by atoms with Gasteiger partial charge in [-0.15, -0.1) is 0 Å². The van der Waals surface area contributed by atoms with Gasteiger partial charge in [0.05, 0.1) is 0 Å². The van der Waals surface area contributed by atoms with E-state index in [9.17, 15) is 4.39 Å². The zero-order valence-electron chi connectivity index (χ0n) is 13.2. The summed E-state index contributed by atoms with van der Waals surface area (Å²) in [6.45, 7) is 0. The van der Waals surface area contributed by atoms with Gasteiger partial charge in [0, 0.05) is 0 Å². The summed E-state index contributed by atoms with van der Waals surface area (Å²) in [5, 5.41) is 3.00.